The zero-order chi connectivity index (χ0) is 13.8. The van der Waals surface area contributed by atoms with Gasteiger partial charge in [-0.1, -0.05) is 13.8 Å². The van der Waals surface area contributed by atoms with Crippen LogP contribution in [0.15, 0.2) is 24.4 Å². The quantitative estimate of drug-likeness (QED) is 0.867. The summed E-state index contributed by atoms with van der Waals surface area (Å²) in [4.78, 5) is 7.52. The number of nitrogens with zero attached hydrogens (tertiary/aromatic N) is 1. The van der Waals surface area contributed by atoms with Gasteiger partial charge in [0.2, 0.25) is 0 Å². The third-order valence-corrected chi connectivity index (χ3v) is 2.81. The van der Waals surface area contributed by atoms with E-state index in [9.17, 15) is 4.39 Å². The molecule has 1 aromatic heterocycles. The van der Waals surface area contributed by atoms with E-state index in [1.165, 1.54) is 12.1 Å². The Hall–Kier alpha value is -1.68. The highest BCUT2D eigenvalue weighted by molar-refractivity contribution is 5.56. The number of nitrogens with one attached hydrogen (secondary N) is 2. The van der Waals surface area contributed by atoms with E-state index in [-0.39, 0.29) is 5.82 Å². The fourth-order valence-electron chi connectivity index (χ4n) is 1.96. The van der Waals surface area contributed by atoms with Gasteiger partial charge in [-0.3, -0.25) is 0 Å². The van der Waals surface area contributed by atoms with Crippen LogP contribution in [0, 0.1) is 18.7 Å². The van der Waals surface area contributed by atoms with Gasteiger partial charge in [0.1, 0.15) is 11.6 Å². The summed E-state index contributed by atoms with van der Waals surface area (Å²) in [7, 11) is 0. The lowest BCUT2D eigenvalue weighted by Crippen LogP contribution is -2.19. The van der Waals surface area contributed by atoms with Gasteiger partial charge in [-0.15, -0.1) is 0 Å². The summed E-state index contributed by atoms with van der Waals surface area (Å²) >= 11 is 0. The monoisotopic (exact) mass is 261 g/mol. The van der Waals surface area contributed by atoms with Gasteiger partial charge >= 0.3 is 0 Å². The Morgan fingerprint density at radius 3 is 2.79 bits per heavy atom. The lowest BCUT2D eigenvalue weighted by atomic mass is 10.1. The van der Waals surface area contributed by atoms with Crippen LogP contribution in [0.25, 0.3) is 11.4 Å². The summed E-state index contributed by atoms with van der Waals surface area (Å²) in [5, 5.41) is 3.34. The molecule has 0 amide bonds. The summed E-state index contributed by atoms with van der Waals surface area (Å²) in [5.41, 5.74) is 2.69. The number of hydrogen-bond acceptors (Lipinski definition) is 2. The molecule has 0 atom stereocenters. The second-order valence-electron chi connectivity index (χ2n) is 5.30. The maximum Gasteiger partial charge on any atom is 0.137 e. The molecule has 2 N–H and O–H groups in total. The zero-order valence-electron chi connectivity index (χ0n) is 11.6. The standard InChI is InChI=1S/C15H20FN3/c1-10(2)7-17-8-14-9-18-15(19-14)12-4-11(3)5-13(16)6-12/h4-6,9-10,17H,7-8H2,1-3H3,(H,18,19). The van der Waals surface area contributed by atoms with Crippen molar-refractivity contribution >= 4 is 0 Å². The molecular weight excluding hydrogens is 241 g/mol. The first-order valence-electron chi connectivity index (χ1n) is 6.57. The van der Waals surface area contributed by atoms with Crippen LogP contribution in [0.2, 0.25) is 0 Å². The van der Waals surface area contributed by atoms with Crippen molar-refractivity contribution in [3.05, 3.63) is 41.5 Å². The van der Waals surface area contributed by atoms with Gasteiger partial charge in [0.05, 0.1) is 0 Å². The molecule has 0 radical (unpaired) electrons. The van der Waals surface area contributed by atoms with Crippen LogP contribution in [0.3, 0.4) is 0 Å². The fourth-order valence-corrected chi connectivity index (χ4v) is 1.96. The lowest BCUT2D eigenvalue weighted by Gasteiger charge is -2.05. The zero-order valence-corrected chi connectivity index (χ0v) is 11.6. The average molecular weight is 261 g/mol. The molecule has 2 aromatic rings. The minimum atomic E-state index is -0.231. The number of aromatic amines is 1. The normalized spacial score (nSPS) is 11.2. The Bertz CT molecular complexity index is 526. The van der Waals surface area contributed by atoms with E-state index in [0.29, 0.717) is 11.7 Å². The van der Waals surface area contributed by atoms with Gasteiger partial charge in [0.25, 0.3) is 0 Å². The number of halogens is 1. The third-order valence-electron chi connectivity index (χ3n) is 2.81. The molecule has 2 rings (SSSR count). The molecule has 1 aromatic carbocycles. The molecule has 0 fully saturated rings. The van der Waals surface area contributed by atoms with Crippen molar-refractivity contribution in [2.75, 3.05) is 6.54 Å². The van der Waals surface area contributed by atoms with Crippen LogP contribution in [0.4, 0.5) is 4.39 Å². The number of rotatable bonds is 5. The van der Waals surface area contributed by atoms with Gasteiger partial charge in [-0.2, -0.15) is 0 Å². The van der Waals surface area contributed by atoms with Crippen molar-refractivity contribution in [2.45, 2.75) is 27.3 Å². The SMILES string of the molecule is Cc1cc(F)cc(-c2ncc(CNCC(C)C)[nH]2)c1. The Labute approximate surface area is 113 Å². The van der Waals surface area contributed by atoms with E-state index in [4.69, 9.17) is 0 Å². The Balaban J connectivity index is 2.07. The van der Waals surface area contributed by atoms with Crippen molar-refractivity contribution in [2.24, 2.45) is 5.92 Å². The number of hydrogen-bond donors (Lipinski definition) is 2. The molecule has 0 spiro atoms. The molecular formula is C15H20FN3. The van der Waals surface area contributed by atoms with Crippen molar-refractivity contribution in [3.63, 3.8) is 0 Å². The molecule has 0 saturated carbocycles. The van der Waals surface area contributed by atoms with Crippen LogP contribution in [0.1, 0.15) is 25.1 Å². The number of benzene rings is 1. The van der Waals surface area contributed by atoms with Crippen LogP contribution in [0.5, 0.6) is 0 Å². The molecule has 102 valence electrons. The molecule has 0 aliphatic carbocycles. The first-order chi connectivity index (χ1) is 9.04. The van der Waals surface area contributed by atoms with E-state index < -0.39 is 0 Å². The highest BCUT2D eigenvalue weighted by atomic mass is 19.1. The second kappa shape index (κ2) is 5.97. The van der Waals surface area contributed by atoms with Crippen molar-refractivity contribution in [3.8, 4) is 11.4 Å². The smallest absolute Gasteiger partial charge is 0.137 e. The van der Waals surface area contributed by atoms with E-state index in [2.05, 4.69) is 29.1 Å². The average Bonchev–Trinajstić information content (AvgIpc) is 2.76. The van der Waals surface area contributed by atoms with Gasteiger partial charge in [0.15, 0.2) is 0 Å². The molecule has 0 unspecified atom stereocenters. The van der Waals surface area contributed by atoms with Gasteiger partial charge in [-0.25, -0.2) is 9.37 Å². The van der Waals surface area contributed by atoms with Gasteiger partial charge < -0.3 is 10.3 Å². The summed E-state index contributed by atoms with van der Waals surface area (Å²) in [6.45, 7) is 7.93. The minimum absolute atomic E-state index is 0.231. The number of H-pyrrole nitrogens is 1. The van der Waals surface area contributed by atoms with E-state index in [1.807, 2.05) is 13.0 Å². The first kappa shape index (κ1) is 13.7. The lowest BCUT2D eigenvalue weighted by molar-refractivity contribution is 0.549. The van der Waals surface area contributed by atoms with Gasteiger partial charge in [-0.05, 0) is 43.1 Å². The van der Waals surface area contributed by atoms with Gasteiger partial charge in [0, 0.05) is 24.0 Å². The molecule has 0 aliphatic heterocycles. The maximum atomic E-state index is 13.4. The van der Waals surface area contributed by atoms with E-state index in [0.717, 1.165) is 29.9 Å². The van der Waals surface area contributed by atoms with Crippen LogP contribution >= 0.6 is 0 Å². The maximum absolute atomic E-state index is 13.4. The topological polar surface area (TPSA) is 40.7 Å². The molecule has 4 heteroatoms. The minimum Gasteiger partial charge on any atom is -0.341 e. The molecule has 0 aliphatic rings. The molecule has 1 heterocycles. The van der Waals surface area contributed by atoms with Crippen LogP contribution in [-0.2, 0) is 6.54 Å². The fraction of sp³-hybridized carbons (Fsp3) is 0.400. The predicted molar refractivity (Wildman–Crippen MR) is 75.3 cm³/mol. The van der Waals surface area contributed by atoms with Crippen LogP contribution < -0.4 is 5.32 Å². The Morgan fingerprint density at radius 1 is 1.32 bits per heavy atom. The first-order valence-corrected chi connectivity index (χ1v) is 6.57. The number of aromatic nitrogens is 2. The van der Waals surface area contributed by atoms with Crippen molar-refractivity contribution in [1.29, 1.82) is 0 Å². The molecule has 0 saturated heterocycles. The number of aryl methyl sites for hydroxylation is 1. The van der Waals surface area contributed by atoms with E-state index >= 15 is 0 Å². The number of imidazole rings is 1. The third kappa shape index (κ3) is 3.89. The second-order valence-corrected chi connectivity index (χ2v) is 5.30. The largest absolute Gasteiger partial charge is 0.341 e. The molecule has 0 bridgehead atoms. The molecule has 3 nitrogen and oxygen atoms in total. The molecule has 19 heavy (non-hydrogen) atoms. The predicted octanol–water partition coefficient (Wildman–Crippen LogP) is 3.27. The summed E-state index contributed by atoms with van der Waals surface area (Å²) in [6, 6.07) is 4.93. The highest BCUT2D eigenvalue weighted by Gasteiger charge is 2.06. The Morgan fingerprint density at radius 2 is 2.11 bits per heavy atom. The van der Waals surface area contributed by atoms with Crippen LogP contribution in [-0.4, -0.2) is 16.5 Å². The Kier molecular flexibility index (Phi) is 4.32. The van der Waals surface area contributed by atoms with E-state index in [1.54, 1.807) is 6.20 Å². The highest BCUT2D eigenvalue weighted by Crippen LogP contribution is 2.18. The van der Waals surface area contributed by atoms with Crippen molar-refractivity contribution in [1.82, 2.24) is 15.3 Å². The summed E-state index contributed by atoms with van der Waals surface area (Å²) in [5.74, 6) is 1.10. The summed E-state index contributed by atoms with van der Waals surface area (Å²) < 4.78 is 13.4. The summed E-state index contributed by atoms with van der Waals surface area (Å²) in [6.07, 6.45) is 1.79. The van der Waals surface area contributed by atoms with Crippen molar-refractivity contribution < 1.29 is 4.39 Å².